The molecule has 0 saturated carbocycles. The Bertz CT molecular complexity index is 696. The van der Waals surface area contributed by atoms with Crippen molar-refractivity contribution in [2.75, 3.05) is 11.9 Å². The Morgan fingerprint density at radius 3 is 2.62 bits per heavy atom. The maximum absolute atomic E-state index is 12.2. The molecule has 0 unspecified atom stereocenters. The average molecular weight is 364 g/mol. The van der Waals surface area contributed by atoms with Crippen molar-refractivity contribution >= 4 is 40.1 Å². The molecule has 1 amide bonds. The molecule has 7 heteroatoms. The average Bonchev–Trinajstić information content (AvgIpc) is 2.94. The summed E-state index contributed by atoms with van der Waals surface area (Å²) >= 11 is 3.04. The van der Waals surface area contributed by atoms with Crippen LogP contribution in [-0.2, 0) is 16.0 Å². The fourth-order valence-corrected chi connectivity index (χ4v) is 3.47. The van der Waals surface area contributed by atoms with Crippen molar-refractivity contribution in [2.24, 2.45) is 0 Å². The van der Waals surface area contributed by atoms with Crippen LogP contribution in [0, 0.1) is 0 Å². The summed E-state index contributed by atoms with van der Waals surface area (Å²) < 4.78 is 4.88. The number of rotatable bonds is 7. The first kappa shape index (κ1) is 18.5. The van der Waals surface area contributed by atoms with Crippen LogP contribution in [0.2, 0.25) is 0 Å². The third-order valence-corrected chi connectivity index (χ3v) is 4.71. The Hall–Kier alpha value is -1.86. The van der Waals surface area contributed by atoms with Crippen LogP contribution in [0.15, 0.2) is 34.5 Å². The zero-order valence-corrected chi connectivity index (χ0v) is 15.5. The summed E-state index contributed by atoms with van der Waals surface area (Å²) in [7, 11) is 0. The zero-order valence-electron chi connectivity index (χ0n) is 13.9. The van der Waals surface area contributed by atoms with E-state index in [1.165, 1.54) is 11.3 Å². The highest BCUT2D eigenvalue weighted by atomic mass is 32.2. The minimum Gasteiger partial charge on any atom is -0.466 e. The SMILES string of the molecule is CCOC(=O)Cc1csc(NC(=O)c2ccc(SC(C)C)cc2)n1. The number of amides is 1. The molecule has 0 atom stereocenters. The van der Waals surface area contributed by atoms with Crippen LogP contribution in [-0.4, -0.2) is 28.7 Å². The smallest absolute Gasteiger partial charge is 0.311 e. The van der Waals surface area contributed by atoms with Crippen LogP contribution in [0.4, 0.5) is 5.13 Å². The number of thiazole rings is 1. The molecule has 5 nitrogen and oxygen atoms in total. The summed E-state index contributed by atoms with van der Waals surface area (Å²) in [5, 5.41) is 5.47. The number of hydrogen-bond acceptors (Lipinski definition) is 6. The van der Waals surface area contributed by atoms with Gasteiger partial charge >= 0.3 is 5.97 Å². The lowest BCUT2D eigenvalue weighted by atomic mass is 10.2. The summed E-state index contributed by atoms with van der Waals surface area (Å²) in [6, 6.07) is 7.47. The molecule has 0 spiro atoms. The number of benzene rings is 1. The number of anilines is 1. The van der Waals surface area contributed by atoms with Gasteiger partial charge in [-0.05, 0) is 31.2 Å². The van der Waals surface area contributed by atoms with Crippen molar-refractivity contribution < 1.29 is 14.3 Å². The van der Waals surface area contributed by atoms with Crippen molar-refractivity contribution in [1.82, 2.24) is 4.98 Å². The van der Waals surface area contributed by atoms with E-state index >= 15 is 0 Å². The second kappa shape index (κ2) is 8.84. The topological polar surface area (TPSA) is 68.3 Å². The van der Waals surface area contributed by atoms with Crippen LogP contribution >= 0.6 is 23.1 Å². The highest BCUT2D eigenvalue weighted by molar-refractivity contribution is 7.99. The lowest BCUT2D eigenvalue weighted by Crippen LogP contribution is -2.12. The Balaban J connectivity index is 1.94. The summed E-state index contributed by atoms with van der Waals surface area (Å²) in [4.78, 5) is 29.0. The first-order valence-corrected chi connectivity index (χ1v) is 9.42. The van der Waals surface area contributed by atoms with Gasteiger partial charge in [0.1, 0.15) is 0 Å². The van der Waals surface area contributed by atoms with E-state index in [-0.39, 0.29) is 18.3 Å². The molecule has 0 aliphatic carbocycles. The maximum Gasteiger partial charge on any atom is 0.311 e. The zero-order chi connectivity index (χ0) is 17.5. The number of aromatic nitrogens is 1. The van der Waals surface area contributed by atoms with E-state index in [0.717, 1.165) is 4.90 Å². The quantitative estimate of drug-likeness (QED) is 0.594. The summed E-state index contributed by atoms with van der Waals surface area (Å²) in [5.74, 6) is -0.535. The fraction of sp³-hybridized carbons (Fsp3) is 0.353. The van der Waals surface area contributed by atoms with Crippen LogP contribution < -0.4 is 5.32 Å². The van der Waals surface area contributed by atoms with Gasteiger partial charge in [0.2, 0.25) is 0 Å². The minimum absolute atomic E-state index is 0.112. The number of nitrogens with zero attached hydrogens (tertiary/aromatic N) is 1. The van der Waals surface area contributed by atoms with Crippen LogP contribution in [0.25, 0.3) is 0 Å². The van der Waals surface area contributed by atoms with Gasteiger partial charge in [-0.2, -0.15) is 0 Å². The Morgan fingerprint density at radius 1 is 1.29 bits per heavy atom. The second-order valence-electron chi connectivity index (χ2n) is 5.27. The van der Waals surface area contributed by atoms with Gasteiger partial charge in [0.25, 0.3) is 5.91 Å². The van der Waals surface area contributed by atoms with Gasteiger partial charge in [-0.15, -0.1) is 23.1 Å². The Labute approximate surface area is 149 Å². The lowest BCUT2D eigenvalue weighted by Gasteiger charge is -2.06. The van der Waals surface area contributed by atoms with E-state index in [0.29, 0.717) is 28.2 Å². The highest BCUT2D eigenvalue weighted by Gasteiger charge is 2.12. The van der Waals surface area contributed by atoms with E-state index < -0.39 is 0 Å². The molecule has 1 heterocycles. The van der Waals surface area contributed by atoms with Crippen LogP contribution in [0.5, 0.6) is 0 Å². The van der Waals surface area contributed by atoms with Gasteiger partial charge in [-0.1, -0.05) is 13.8 Å². The largest absolute Gasteiger partial charge is 0.466 e. The van der Waals surface area contributed by atoms with Crippen LogP contribution in [0.1, 0.15) is 36.8 Å². The summed E-state index contributed by atoms with van der Waals surface area (Å²) in [6.07, 6.45) is 0.112. The maximum atomic E-state index is 12.2. The molecule has 0 bridgehead atoms. The molecule has 0 radical (unpaired) electrons. The molecule has 1 N–H and O–H groups in total. The highest BCUT2D eigenvalue weighted by Crippen LogP contribution is 2.23. The van der Waals surface area contributed by atoms with Crippen LogP contribution in [0.3, 0.4) is 0 Å². The van der Waals surface area contributed by atoms with E-state index in [1.54, 1.807) is 36.2 Å². The number of carbonyl (C=O) groups excluding carboxylic acids is 2. The first-order chi connectivity index (χ1) is 11.5. The van der Waals surface area contributed by atoms with Crippen molar-refractivity contribution in [3.05, 3.63) is 40.9 Å². The molecule has 24 heavy (non-hydrogen) atoms. The van der Waals surface area contributed by atoms with Gasteiger partial charge in [-0.25, -0.2) is 4.98 Å². The molecule has 1 aromatic heterocycles. The first-order valence-electron chi connectivity index (χ1n) is 7.66. The molecule has 128 valence electrons. The summed E-state index contributed by atoms with van der Waals surface area (Å²) in [6.45, 7) is 6.36. The molecule has 1 aromatic carbocycles. The Morgan fingerprint density at radius 2 is 2.00 bits per heavy atom. The molecule has 0 fully saturated rings. The molecule has 2 rings (SSSR count). The Kier molecular flexibility index (Phi) is 6.81. The normalized spacial score (nSPS) is 10.7. The predicted octanol–water partition coefficient (Wildman–Crippen LogP) is 4.00. The predicted molar refractivity (Wildman–Crippen MR) is 97.8 cm³/mol. The van der Waals surface area contributed by atoms with Gasteiger partial charge in [0.15, 0.2) is 5.13 Å². The van der Waals surface area contributed by atoms with Crippen molar-refractivity contribution in [1.29, 1.82) is 0 Å². The molecule has 0 aliphatic heterocycles. The monoisotopic (exact) mass is 364 g/mol. The van der Waals surface area contributed by atoms with Crippen molar-refractivity contribution in [2.45, 2.75) is 37.3 Å². The molecule has 0 saturated heterocycles. The van der Waals surface area contributed by atoms with Crippen molar-refractivity contribution in [3.8, 4) is 0 Å². The van der Waals surface area contributed by atoms with E-state index in [9.17, 15) is 9.59 Å². The van der Waals surface area contributed by atoms with Crippen molar-refractivity contribution in [3.63, 3.8) is 0 Å². The molecular formula is C17H20N2O3S2. The minimum atomic E-state index is -0.320. The molecular weight excluding hydrogens is 344 g/mol. The van der Waals surface area contributed by atoms with Gasteiger partial charge in [0, 0.05) is 21.1 Å². The number of thioether (sulfide) groups is 1. The fourth-order valence-electron chi connectivity index (χ4n) is 1.93. The van der Waals surface area contributed by atoms with Gasteiger partial charge in [-0.3, -0.25) is 14.9 Å². The van der Waals surface area contributed by atoms with Gasteiger partial charge < -0.3 is 4.74 Å². The number of ether oxygens (including phenoxy) is 1. The number of nitrogens with one attached hydrogen (secondary N) is 1. The molecule has 0 aliphatic rings. The third kappa shape index (κ3) is 5.65. The molecule has 2 aromatic rings. The standard InChI is InChI=1S/C17H20N2O3S2/c1-4-22-15(20)9-13-10-23-17(18-13)19-16(21)12-5-7-14(8-6-12)24-11(2)3/h5-8,10-11H,4,9H2,1-3H3,(H,18,19,21). The second-order valence-corrected chi connectivity index (χ2v) is 7.78. The number of hydrogen-bond donors (Lipinski definition) is 1. The van der Waals surface area contributed by atoms with Gasteiger partial charge in [0.05, 0.1) is 18.7 Å². The number of carbonyl (C=O) groups is 2. The van der Waals surface area contributed by atoms with E-state index in [2.05, 4.69) is 24.1 Å². The van der Waals surface area contributed by atoms with E-state index in [4.69, 9.17) is 4.74 Å². The third-order valence-electron chi connectivity index (χ3n) is 2.89. The number of esters is 1. The lowest BCUT2D eigenvalue weighted by molar-refractivity contribution is -0.142. The summed E-state index contributed by atoms with van der Waals surface area (Å²) in [5.41, 5.74) is 1.17. The van der Waals surface area contributed by atoms with E-state index in [1.807, 2.05) is 12.1 Å².